The Morgan fingerprint density at radius 2 is 1.73 bits per heavy atom. The van der Waals surface area contributed by atoms with Crippen molar-refractivity contribution in [2.24, 2.45) is 5.92 Å². The van der Waals surface area contributed by atoms with Crippen LogP contribution in [0.15, 0.2) is 55.1 Å². The first-order valence-corrected chi connectivity index (χ1v) is 16.0. The number of nitrogens with one attached hydrogen (secondary N) is 4. The van der Waals surface area contributed by atoms with E-state index in [0.717, 1.165) is 71.7 Å². The largest absolute Gasteiger partial charge is 0.453 e. The van der Waals surface area contributed by atoms with Crippen LogP contribution in [0.1, 0.15) is 74.5 Å². The van der Waals surface area contributed by atoms with E-state index in [1.54, 1.807) is 23.5 Å². The number of carbonyl (C=O) groups excluding carboxylic acids is 2. The Hall–Kier alpha value is -4.23. The van der Waals surface area contributed by atoms with Crippen molar-refractivity contribution < 1.29 is 14.3 Å². The van der Waals surface area contributed by atoms with Crippen LogP contribution < -0.4 is 10.6 Å². The number of methoxy groups -OCH3 is 1. The lowest BCUT2D eigenvalue weighted by molar-refractivity contribution is -0.135. The Morgan fingerprint density at radius 3 is 2.43 bits per heavy atom. The third-order valence-electron chi connectivity index (χ3n) is 8.58. The summed E-state index contributed by atoms with van der Waals surface area (Å²) in [4.78, 5) is 47.6. The minimum absolute atomic E-state index is 0. The van der Waals surface area contributed by atoms with E-state index in [1.165, 1.54) is 7.11 Å². The predicted molar refractivity (Wildman–Crippen MR) is 206 cm³/mol. The van der Waals surface area contributed by atoms with Crippen molar-refractivity contribution >= 4 is 61.6 Å². The van der Waals surface area contributed by atoms with E-state index in [2.05, 4.69) is 60.3 Å². The fourth-order valence-electron chi connectivity index (χ4n) is 6.12. The lowest BCUT2D eigenvalue weighted by Crippen LogP contribution is -2.51. The number of likely N-dealkylation sites (tertiary alicyclic amines) is 1. The molecule has 0 saturated carbocycles. The second kappa shape index (κ2) is 20.0. The molecule has 3 aromatic heterocycles. The first kappa shape index (κ1) is 42.9. The highest BCUT2D eigenvalue weighted by Crippen LogP contribution is 2.34. The summed E-state index contributed by atoms with van der Waals surface area (Å²) < 4.78 is 4.76. The summed E-state index contributed by atoms with van der Waals surface area (Å²) in [6, 6.07) is 9.28. The number of aromatic nitrogens is 5. The number of halogens is 4. The smallest absolute Gasteiger partial charge is 0.407 e. The molecule has 0 unspecified atom stereocenters. The standard InChI is InChI=1S/C36H38N8O3.4ClH/c1-23(2)32(43-36(46)47-3)35(45)44-18-8-13-31(44)34-40-22-30(42-34)25-15-14-24(28(19-25)26-10-6-16-37-20-26)9-4-5-11-27-21-39-33(41-27)29-12-7-17-38-29;;;;/h6,10,14-16,19-23,29,31-32,38H,7-8,12-13,17-18H2,1-3H3,(H,39,41)(H,40,42)(H,43,46);4*1H/t29-,31-,32-;;;;/m0..../s1. The molecule has 11 nitrogen and oxygen atoms in total. The lowest BCUT2D eigenvalue weighted by Gasteiger charge is -2.30. The number of H-pyrrole nitrogens is 2. The van der Waals surface area contributed by atoms with Gasteiger partial charge in [-0.15, -0.1) is 49.6 Å². The maximum Gasteiger partial charge on any atom is 0.407 e. The van der Waals surface area contributed by atoms with Crippen LogP contribution in [0.2, 0.25) is 0 Å². The van der Waals surface area contributed by atoms with Crippen LogP contribution in [0.25, 0.3) is 22.4 Å². The molecule has 2 amide bonds. The first-order valence-electron chi connectivity index (χ1n) is 16.0. The van der Waals surface area contributed by atoms with E-state index in [-0.39, 0.29) is 73.5 Å². The quantitative estimate of drug-likeness (QED) is 0.159. The Morgan fingerprint density at radius 1 is 0.941 bits per heavy atom. The van der Waals surface area contributed by atoms with E-state index in [0.29, 0.717) is 12.4 Å². The minimum Gasteiger partial charge on any atom is -0.453 e. The van der Waals surface area contributed by atoms with Gasteiger partial charge in [-0.05, 0) is 79.7 Å². The first-order chi connectivity index (χ1) is 22.9. The molecule has 6 rings (SSSR count). The number of hydrogen-bond donors (Lipinski definition) is 4. The van der Waals surface area contributed by atoms with Gasteiger partial charge in [-0.2, -0.15) is 0 Å². The monoisotopic (exact) mass is 774 g/mol. The number of ether oxygens (including phenoxy) is 1. The molecule has 4 N–H and O–H groups in total. The van der Waals surface area contributed by atoms with Crippen molar-refractivity contribution in [1.82, 2.24) is 40.5 Å². The minimum atomic E-state index is -0.691. The third kappa shape index (κ3) is 10.2. The van der Waals surface area contributed by atoms with E-state index < -0.39 is 12.1 Å². The molecule has 0 spiro atoms. The molecule has 15 heteroatoms. The third-order valence-corrected chi connectivity index (χ3v) is 8.58. The molecule has 2 saturated heterocycles. The maximum atomic E-state index is 13.6. The number of alkyl carbamates (subject to hydrolysis) is 1. The van der Waals surface area contributed by atoms with Gasteiger partial charge >= 0.3 is 6.09 Å². The Balaban J connectivity index is 0.00000225. The highest BCUT2D eigenvalue weighted by atomic mass is 35.5. The highest BCUT2D eigenvalue weighted by Gasteiger charge is 2.37. The second-order valence-electron chi connectivity index (χ2n) is 12.1. The highest BCUT2D eigenvalue weighted by molar-refractivity contribution is 5.87. The topological polar surface area (TPSA) is 141 Å². The molecule has 2 fully saturated rings. The van der Waals surface area contributed by atoms with Crippen LogP contribution in [0.5, 0.6) is 0 Å². The molecule has 3 atom stereocenters. The molecule has 5 heterocycles. The van der Waals surface area contributed by atoms with Gasteiger partial charge in [0.1, 0.15) is 23.4 Å². The number of hydrogen-bond acceptors (Lipinski definition) is 7. The number of carbonyl (C=O) groups is 2. The van der Waals surface area contributed by atoms with Gasteiger partial charge in [0.05, 0.1) is 37.3 Å². The van der Waals surface area contributed by atoms with Crippen LogP contribution >= 0.6 is 49.6 Å². The molecule has 2 aliphatic rings. The van der Waals surface area contributed by atoms with Gasteiger partial charge in [0.25, 0.3) is 0 Å². The van der Waals surface area contributed by atoms with Gasteiger partial charge in [0.15, 0.2) is 0 Å². The lowest BCUT2D eigenvalue weighted by atomic mass is 9.97. The van der Waals surface area contributed by atoms with Crippen molar-refractivity contribution in [3.8, 4) is 46.1 Å². The van der Waals surface area contributed by atoms with Gasteiger partial charge < -0.3 is 30.2 Å². The number of amides is 2. The molecule has 0 aliphatic carbocycles. The number of nitrogens with zero attached hydrogens (tertiary/aromatic N) is 4. The molecule has 4 aromatic rings. The average molecular weight is 777 g/mol. The Kier molecular flexibility index (Phi) is 16.8. The fourth-order valence-corrected chi connectivity index (χ4v) is 6.12. The van der Waals surface area contributed by atoms with Crippen LogP contribution in [0.4, 0.5) is 4.79 Å². The number of pyridine rings is 1. The summed E-state index contributed by atoms with van der Waals surface area (Å²) in [5.41, 5.74) is 5.16. The molecular weight excluding hydrogens is 734 g/mol. The van der Waals surface area contributed by atoms with Crippen LogP contribution in [0, 0.1) is 29.6 Å². The molecule has 0 bridgehead atoms. The number of imidazole rings is 2. The summed E-state index contributed by atoms with van der Waals surface area (Å²) in [7, 11) is 1.29. The van der Waals surface area contributed by atoms with Gasteiger partial charge in [-0.1, -0.05) is 31.9 Å². The maximum absolute atomic E-state index is 13.6. The Labute approximate surface area is 323 Å². The summed E-state index contributed by atoms with van der Waals surface area (Å²) in [5, 5.41) is 6.13. The van der Waals surface area contributed by atoms with Crippen molar-refractivity contribution in [3.05, 3.63) is 78.0 Å². The molecule has 2 aliphatic heterocycles. The summed E-state index contributed by atoms with van der Waals surface area (Å²) in [6.07, 6.45) is 10.3. The van der Waals surface area contributed by atoms with Crippen molar-refractivity contribution in [2.75, 3.05) is 20.2 Å². The summed E-state index contributed by atoms with van der Waals surface area (Å²) in [6.45, 7) is 5.40. The number of aromatic amines is 2. The van der Waals surface area contributed by atoms with Gasteiger partial charge in [0.2, 0.25) is 5.91 Å². The van der Waals surface area contributed by atoms with E-state index in [9.17, 15) is 9.59 Å². The molecule has 1 aromatic carbocycles. The van der Waals surface area contributed by atoms with E-state index >= 15 is 0 Å². The van der Waals surface area contributed by atoms with Crippen molar-refractivity contribution in [2.45, 2.75) is 57.7 Å². The predicted octanol–water partition coefficient (Wildman–Crippen LogP) is 6.42. The van der Waals surface area contributed by atoms with Crippen LogP contribution in [-0.2, 0) is 9.53 Å². The number of rotatable bonds is 7. The van der Waals surface area contributed by atoms with Crippen LogP contribution in [0.3, 0.4) is 0 Å². The molecule has 0 radical (unpaired) electrons. The molecule has 51 heavy (non-hydrogen) atoms. The van der Waals surface area contributed by atoms with Gasteiger partial charge in [-0.3, -0.25) is 9.78 Å². The summed E-state index contributed by atoms with van der Waals surface area (Å²) in [5.74, 6) is 13.6. The zero-order valence-corrected chi connectivity index (χ0v) is 31.7. The number of benzene rings is 1. The average Bonchev–Trinajstić information content (AvgIpc) is 3.92. The Bertz CT molecular complexity index is 1870. The van der Waals surface area contributed by atoms with E-state index in [4.69, 9.17) is 9.72 Å². The van der Waals surface area contributed by atoms with Crippen molar-refractivity contribution in [1.29, 1.82) is 0 Å². The van der Waals surface area contributed by atoms with E-state index in [1.807, 2.05) is 44.3 Å². The molecular formula is C36H42Cl4N8O3. The normalized spacial score (nSPS) is 16.4. The van der Waals surface area contributed by atoms with Gasteiger partial charge in [-0.25, -0.2) is 14.8 Å². The van der Waals surface area contributed by atoms with Crippen LogP contribution in [-0.4, -0.2) is 68.1 Å². The molecule has 272 valence electrons. The van der Waals surface area contributed by atoms with Gasteiger partial charge in [0, 0.05) is 35.6 Å². The SMILES string of the molecule is COC(=O)N[C@H](C(=O)N1CCC[C@H]1c1ncc(-c2ccc(C#CC#Cc3cnc([C@@H]4CCCN4)[nH]3)c(-c3cccnc3)c2)[nH]1)C(C)C.Cl.Cl.Cl.Cl. The zero-order chi connectivity index (χ0) is 32.8. The second-order valence-corrected chi connectivity index (χ2v) is 12.1. The fraction of sp³-hybridized carbons (Fsp3) is 0.361. The van der Waals surface area contributed by atoms with Crippen molar-refractivity contribution in [3.63, 3.8) is 0 Å². The zero-order valence-electron chi connectivity index (χ0n) is 28.4. The summed E-state index contributed by atoms with van der Waals surface area (Å²) >= 11 is 0.